The number of carbonyl (C=O) groups is 1. The quantitative estimate of drug-likeness (QED) is 0.659. The van der Waals surface area contributed by atoms with Gasteiger partial charge in [-0.2, -0.15) is 9.49 Å². The van der Waals surface area contributed by atoms with Gasteiger partial charge in [0.1, 0.15) is 16.4 Å². The molecule has 0 saturated heterocycles. The number of carbonyl (C=O) groups excluding carboxylic acids is 1. The summed E-state index contributed by atoms with van der Waals surface area (Å²) in [6, 6.07) is 4.17. The molecule has 0 radical (unpaired) electrons. The van der Waals surface area contributed by atoms with Crippen LogP contribution in [0.15, 0.2) is 18.2 Å². The van der Waals surface area contributed by atoms with E-state index in [2.05, 4.69) is 19.9 Å². The minimum Gasteiger partial charge on any atom is -0.465 e. The summed E-state index contributed by atoms with van der Waals surface area (Å²) < 4.78 is 17.5. The van der Waals surface area contributed by atoms with Crippen LogP contribution in [-0.4, -0.2) is 28.3 Å². The fraction of sp³-hybridized carbons (Fsp3) is 0.100. The first-order chi connectivity index (χ1) is 8.13. The van der Waals surface area contributed by atoms with Crippen LogP contribution in [0.25, 0.3) is 11.4 Å². The van der Waals surface area contributed by atoms with Crippen LogP contribution >= 0.6 is 11.6 Å². The van der Waals surface area contributed by atoms with E-state index in [9.17, 15) is 9.18 Å². The minimum absolute atomic E-state index is 0.0258. The highest BCUT2D eigenvalue weighted by molar-refractivity contribution is 6.33. The summed E-state index contributed by atoms with van der Waals surface area (Å²) >= 11 is 5.77. The molecule has 5 nitrogen and oxygen atoms in total. The lowest BCUT2D eigenvalue weighted by Gasteiger charge is -2.00. The molecule has 0 aromatic carbocycles. The van der Waals surface area contributed by atoms with E-state index in [1.807, 2.05) is 0 Å². The smallest absolute Gasteiger partial charge is 0.343 e. The number of hydrogen-bond donors (Lipinski definition) is 1. The van der Waals surface area contributed by atoms with Gasteiger partial charge in [0.05, 0.1) is 12.8 Å². The molecule has 0 saturated carbocycles. The number of methoxy groups -OCH3 is 1. The predicted octanol–water partition coefficient (Wildman–Crippen LogP) is 2.05. The Kier molecular flexibility index (Phi) is 3.06. The van der Waals surface area contributed by atoms with Gasteiger partial charge in [-0.1, -0.05) is 17.7 Å². The van der Waals surface area contributed by atoms with Crippen LogP contribution < -0.4 is 0 Å². The zero-order valence-corrected chi connectivity index (χ0v) is 9.45. The molecule has 0 unspecified atom stereocenters. The number of ether oxygens (including phenoxy) is 1. The number of aromatic nitrogens is 3. The zero-order valence-electron chi connectivity index (χ0n) is 8.70. The fourth-order valence-electron chi connectivity index (χ4n) is 1.33. The Labute approximate surface area is 101 Å². The molecule has 0 bridgehead atoms. The summed E-state index contributed by atoms with van der Waals surface area (Å²) in [7, 11) is 1.22. The maximum Gasteiger partial charge on any atom is 0.343 e. The van der Waals surface area contributed by atoms with Gasteiger partial charge in [-0.3, -0.25) is 5.10 Å². The van der Waals surface area contributed by atoms with Crippen molar-refractivity contribution < 1.29 is 13.9 Å². The van der Waals surface area contributed by atoms with Gasteiger partial charge >= 0.3 is 5.97 Å². The van der Waals surface area contributed by atoms with Crippen LogP contribution in [0.1, 0.15) is 10.4 Å². The van der Waals surface area contributed by atoms with Crippen LogP contribution in [0.2, 0.25) is 5.15 Å². The van der Waals surface area contributed by atoms with Gasteiger partial charge in [0.25, 0.3) is 0 Å². The number of rotatable bonds is 2. The Morgan fingerprint density at radius 1 is 1.53 bits per heavy atom. The van der Waals surface area contributed by atoms with Gasteiger partial charge in [-0.15, -0.1) is 0 Å². The van der Waals surface area contributed by atoms with Crippen molar-refractivity contribution >= 4 is 17.6 Å². The van der Waals surface area contributed by atoms with Crippen molar-refractivity contribution in [3.05, 3.63) is 34.9 Å². The van der Waals surface area contributed by atoms with E-state index in [-0.39, 0.29) is 22.1 Å². The zero-order chi connectivity index (χ0) is 12.4. The molecule has 0 amide bonds. The van der Waals surface area contributed by atoms with E-state index >= 15 is 0 Å². The van der Waals surface area contributed by atoms with Gasteiger partial charge in [-0.05, 0) is 12.1 Å². The highest BCUT2D eigenvalue weighted by atomic mass is 35.5. The van der Waals surface area contributed by atoms with Crippen LogP contribution in [0, 0.1) is 5.95 Å². The second-order valence-electron chi connectivity index (χ2n) is 3.10. The monoisotopic (exact) mass is 255 g/mol. The lowest BCUT2D eigenvalue weighted by atomic mass is 10.2. The van der Waals surface area contributed by atoms with E-state index in [0.717, 1.165) is 0 Å². The molecule has 0 fully saturated rings. The number of halogens is 2. The van der Waals surface area contributed by atoms with Crippen LogP contribution in [0.4, 0.5) is 4.39 Å². The van der Waals surface area contributed by atoms with Crippen molar-refractivity contribution in [1.29, 1.82) is 0 Å². The molecular formula is C10H7ClFN3O2. The van der Waals surface area contributed by atoms with Crippen molar-refractivity contribution in [2.45, 2.75) is 0 Å². The molecular weight excluding hydrogens is 249 g/mol. The molecule has 2 aromatic heterocycles. The van der Waals surface area contributed by atoms with Gasteiger partial charge in [0, 0.05) is 0 Å². The van der Waals surface area contributed by atoms with E-state index in [1.54, 1.807) is 0 Å². The van der Waals surface area contributed by atoms with Crippen molar-refractivity contribution in [2.75, 3.05) is 7.11 Å². The lowest BCUT2D eigenvalue weighted by Crippen LogP contribution is -2.03. The molecule has 2 aromatic rings. The summed E-state index contributed by atoms with van der Waals surface area (Å²) in [5.41, 5.74) is 0.391. The van der Waals surface area contributed by atoms with E-state index in [0.29, 0.717) is 0 Å². The molecule has 2 rings (SSSR count). The molecule has 1 N–H and O–H groups in total. The number of esters is 1. The van der Waals surface area contributed by atoms with Crippen LogP contribution in [-0.2, 0) is 4.74 Å². The van der Waals surface area contributed by atoms with Gasteiger partial charge < -0.3 is 4.74 Å². The second kappa shape index (κ2) is 4.50. The maximum absolute atomic E-state index is 13.0. The summed E-state index contributed by atoms with van der Waals surface area (Å²) in [5, 5.41) is 6.26. The van der Waals surface area contributed by atoms with Crippen molar-refractivity contribution in [3.8, 4) is 11.4 Å². The van der Waals surface area contributed by atoms with Crippen LogP contribution in [0.3, 0.4) is 0 Å². The Morgan fingerprint density at radius 2 is 2.29 bits per heavy atom. The van der Waals surface area contributed by atoms with E-state index < -0.39 is 11.9 Å². The number of H-pyrrole nitrogens is 1. The van der Waals surface area contributed by atoms with Crippen molar-refractivity contribution in [2.24, 2.45) is 0 Å². The SMILES string of the molecule is COC(=O)c1c(-c2cccc(F)n2)n[nH]c1Cl. The summed E-state index contributed by atoms with van der Waals surface area (Å²) in [6.45, 7) is 0. The normalized spacial score (nSPS) is 10.3. The number of nitrogens with zero attached hydrogens (tertiary/aromatic N) is 2. The molecule has 17 heavy (non-hydrogen) atoms. The van der Waals surface area contributed by atoms with Crippen molar-refractivity contribution in [3.63, 3.8) is 0 Å². The maximum atomic E-state index is 13.0. The van der Waals surface area contributed by atoms with Gasteiger partial charge in [-0.25, -0.2) is 9.78 Å². The summed E-state index contributed by atoms with van der Waals surface area (Å²) in [6.07, 6.45) is 0. The van der Waals surface area contributed by atoms with Gasteiger partial charge in [0.2, 0.25) is 5.95 Å². The number of pyridine rings is 1. The molecule has 0 aliphatic heterocycles. The Bertz CT molecular complexity index is 570. The number of hydrogen-bond acceptors (Lipinski definition) is 4. The molecule has 0 aliphatic rings. The largest absolute Gasteiger partial charge is 0.465 e. The van der Waals surface area contributed by atoms with Gasteiger partial charge in [0.15, 0.2) is 0 Å². The third-order valence-electron chi connectivity index (χ3n) is 2.07. The number of nitrogens with one attached hydrogen (secondary N) is 1. The Balaban J connectivity index is 2.57. The molecule has 0 atom stereocenters. The second-order valence-corrected chi connectivity index (χ2v) is 3.48. The average molecular weight is 256 g/mol. The average Bonchev–Trinajstić information content (AvgIpc) is 2.70. The van der Waals surface area contributed by atoms with Crippen LogP contribution in [0.5, 0.6) is 0 Å². The highest BCUT2D eigenvalue weighted by Crippen LogP contribution is 2.25. The topological polar surface area (TPSA) is 67.9 Å². The Hall–Kier alpha value is -1.95. The fourth-order valence-corrected chi connectivity index (χ4v) is 1.54. The molecule has 0 aliphatic carbocycles. The third kappa shape index (κ3) is 2.12. The molecule has 7 heteroatoms. The summed E-state index contributed by atoms with van der Waals surface area (Å²) in [4.78, 5) is 15.1. The number of aromatic amines is 1. The predicted molar refractivity (Wildman–Crippen MR) is 58.1 cm³/mol. The molecule has 0 spiro atoms. The van der Waals surface area contributed by atoms with E-state index in [1.165, 1.54) is 25.3 Å². The van der Waals surface area contributed by atoms with Crippen molar-refractivity contribution in [1.82, 2.24) is 15.2 Å². The minimum atomic E-state index is -0.669. The Morgan fingerprint density at radius 3 is 2.94 bits per heavy atom. The van der Waals surface area contributed by atoms with E-state index in [4.69, 9.17) is 11.6 Å². The third-order valence-corrected chi connectivity index (χ3v) is 2.34. The lowest BCUT2D eigenvalue weighted by molar-refractivity contribution is 0.0602. The highest BCUT2D eigenvalue weighted by Gasteiger charge is 2.22. The summed E-state index contributed by atoms with van der Waals surface area (Å²) in [5.74, 6) is -1.33. The first kappa shape index (κ1) is 11.5. The first-order valence-corrected chi connectivity index (χ1v) is 4.96. The first-order valence-electron chi connectivity index (χ1n) is 4.58. The molecule has 88 valence electrons. The standard InChI is InChI=1S/C10H7ClFN3O2/c1-17-10(16)7-8(14-15-9(7)11)5-3-2-4-6(12)13-5/h2-4H,1H3,(H,14,15). The molecule has 2 heterocycles.